The molecule has 0 fully saturated rings. The number of hydrogen-bond donors (Lipinski definition) is 2. The summed E-state index contributed by atoms with van der Waals surface area (Å²) in [6.45, 7) is 6.65. The van der Waals surface area contributed by atoms with Crippen LogP contribution in [0.3, 0.4) is 0 Å². The second-order valence-electron chi connectivity index (χ2n) is 5.69. The van der Waals surface area contributed by atoms with Gasteiger partial charge in [-0.05, 0) is 60.5 Å². The second kappa shape index (κ2) is 11.2. The van der Waals surface area contributed by atoms with E-state index in [1.807, 2.05) is 19.1 Å². The first-order valence-electron chi connectivity index (χ1n) is 8.83. The minimum Gasteiger partial charge on any atom is -0.494 e. The number of hydrazone groups is 1. The van der Waals surface area contributed by atoms with Gasteiger partial charge in [-0.15, -0.1) is 0 Å². The minimum atomic E-state index is -0.869. The largest absolute Gasteiger partial charge is 0.494 e. The predicted molar refractivity (Wildman–Crippen MR) is 109 cm³/mol. The maximum absolute atomic E-state index is 11.9. The van der Waals surface area contributed by atoms with E-state index >= 15 is 0 Å². The fourth-order valence-electron chi connectivity index (χ4n) is 2.06. The van der Waals surface area contributed by atoms with Crippen molar-refractivity contribution < 1.29 is 19.1 Å². The summed E-state index contributed by atoms with van der Waals surface area (Å²) < 4.78 is 10.8. The lowest BCUT2D eigenvalue weighted by molar-refractivity contribution is -0.136. The van der Waals surface area contributed by atoms with Gasteiger partial charge in [-0.2, -0.15) is 5.10 Å². The standard InChI is InChI=1S/C21H23N3O4/c1-3-13-27-18-9-5-16(6-10-18)15-22-24-21(26)20(25)23-17-7-11-19(12-8-17)28-14-4-2/h4-12,15H,2-3,13-14H2,1H3,(H,23,25)(H,24,26)/b22-15-. The van der Waals surface area contributed by atoms with E-state index in [0.717, 1.165) is 17.7 Å². The molecule has 0 aromatic heterocycles. The van der Waals surface area contributed by atoms with Gasteiger partial charge in [-0.1, -0.05) is 19.6 Å². The number of rotatable bonds is 9. The van der Waals surface area contributed by atoms with E-state index in [1.165, 1.54) is 6.21 Å². The summed E-state index contributed by atoms with van der Waals surface area (Å²) in [6.07, 6.45) is 4.01. The van der Waals surface area contributed by atoms with Crippen molar-refractivity contribution in [3.8, 4) is 11.5 Å². The topological polar surface area (TPSA) is 89.0 Å². The van der Waals surface area contributed by atoms with Gasteiger partial charge in [-0.3, -0.25) is 9.59 Å². The van der Waals surface area contributed by atoms with Crippen molar-refractivity contribution in [2.45, 2.75) is 13.3 Å². The molecule has 7 heteroatoms. The Morgan fingerprint density at radius 1 is 1.00 bits per heavy atom. The number of carbonyl (C=O) groups excluding carboxylic acids is 2. The predicted octanol–water partition coefficient (Wildman–Crippen LogP) is 3.13. The lowest BCUT2D eigenvalue weighted by atomic mass is 10.2. The number of benzene rings is 2. The van der Waals surface area contributed by atoms with Gasteiger partial charge in [0.1, 0.15) is 18.1 Å². The molecule has 0 unspecified atom stereocenters. The van der Waals surface area contributed by atoms with Crippen LogP contribution in [0.2, 0.25) is 0 Å². The summed E-state index contributed by atoms with van der Waals surface area (Å²) in [5.74, 6) is -0.284. The molecule has 0 spiro atoms. The summed E-state index contributed by atoms with van der Waals surface area (Å²) in [4.78, 5) is 23.7. The van der Waals surface area contributed by atoms with E-state index in [-0.39, 0.29) is 0 Å². The number of amides is 2. The molecular formula is C21H23N3O4. The molecule has 0 atom stereocenters. The maximum atomic E-state index is 11.9. The van der Waals surface area contributed by atoms with Gasteiger partial charge in [0.2, 0.25) is 0 Å². The Morgan fingerprint density at radius 3 is 2.29 bits per heavy atom. The summed E-state index contributed by atoms with van der Waals surface area (Å²) in [6, 6.07) is 13.9. The average molecular weight is 381 g/mol. The number of ether oxygens (including phenoxy) is 2. The van der Waals surface area contributed by atoms with Crippen molar-refractivity contribution in [3.63, 3.8) is 0 Å². The number of nitrogens with one attached hydrogen (secondary N) is 2. The van der Waals surface area contributed by atoms with E-state index in [9.17, 15) is 9.59 Å². The molecule has 0 bridgehead atoms. The van der Waals surface area contributed by atoms with Crippen LogP contribution in [0.25, 0.3) is 0 Å². The molecule has 0 aliphatic heterocycles. The highest BCUT2D eigenvalue weighted by atomic mass is 16.5. The van der Waals surface area contributed by atoms with Gasteiger partial charge < -0.3 is 14.8 Å². The number of hydrogen-bond acceptors (Lipinski definition) is 5. The average Bonchev–Trinajstić information content (AvgIpc) is 2.72. The summed E-state index contributed by atoms with van der Waals surface area (Å²) in [5, 5.41) is 6.27. The lowest BCUT2D eigenvalue weighted by Crippen LogP contribution is -2.32. The van der Waals surface area contributed by atoms with Crippen molar-refractivity contribution in [1.29, 1.82) is 0 Å². The second-order valence-corrected chi connectivity index (χ2v) is 5.69. The number of carbonyl (C=O) groups is 2. The Labute approximate surface area is 164 Å². The van der Waals surface area contributed by atoms with Gasteiger partial charge in [0.25, 0.3) is 0 Å². The Kier molecular flexibility index (Phi) is 8.26. The van der Waals surface area contributed by atoms with E-state index in [1.54, 1.807) is 42.5 Å². The molecule has 7 nitrogen and oxygen atoms in total. The summed E-state index contributed by atoms with van der Waals surface area (Å²) in [7, 11) is 0. The van der Waals surface area contributed by atoms with Crippen molar-refractivity contribution in [3.05, 3.63) is 66.7 Å². The zero-order chi connectivity index (χ0) is 20.2. The molecule has 0 aliphatic carbocycles. The molecule has 146 valence electrons. The molecule has 0 aliphatic rings. The van der Waals surface area contributed by atoms with Gasteiger partial charge in [0.15, 0.2) is 0 Å². The van der Waals surface area contributed by atoms with Gasteiger partial charge in [-0.25, -0.2) is 5.43 Å². The first-order chi connectivity index (χ1) is 13.6. The van der Waals surface area contributed by atoms with Crippen LogP contribution >= 0.6 is 0 Å². The van der Waals surface area contributed by atoms with Crippen LogP contribution in [0.4, 0.5) is 5.69 Å². The van der Waals surface area contributed by atoms with Crippen molar-refractivity contribution >= 4 is 23.7 Å². The van der Waals surface area contributed by atoms with Gasteiger partial charge >= 0.3 is 11.8 Å². The minimum absolute atomic E-state index is 0.389. The molecule has 2 amide bonds. The lowest BCUT2D eigenvalue weighted by Gasteiger charge is -2.06. The Morgan fingerprint density at radius 2 is 1.64 bits per heavy atom. The zero-order valence-electron chi connectivity index (χ0n) is 15.7. The zero-order valence-corrected chi connectivity index (χ0v) is 15.7. The van der Waals surface area contributed by atoms with Gasteiger partial charge in [0, 0.05) is 5.69 Å². The van der Waals surface area contributed by atoms with Crippen LogP contribution in [0.5, 0.6) is 11.5 Å². The summed E-state index contributed by atoms with van der Waals surface area (Å²) >= 11 is 0. The van der Waals surface area contributed by atoms with E-state index in [4.69, 9.17) is 9.47 Å². The van der Waals surface area contributed by atoms with Gasteiger partial charge in [0.05, 0.1) is 12.8 Å². The normalized spacial score (nSPS) is 10.3. The maximum Gasteiger partial charge on any atom is 0.329 e. The van der Waals surface area contributed by atoms with Crippen LogP contribution in [0, 0.1) is 0 Å². The highest BCUT2D eigenvalue weighted by molar-refractivity contribution is 6.39. The highest BCUT2D eigenvalue weighted by Crippen LogP contribution is 2.15. The molecule has 0 heterocycles. The first kappa shape index (κ1) is 20.7. The number of anilines is 1. The molecule has 2 aromatic rings. The number of nitrogens with zero attached hydrogens (tertiary/aromatic N) is 1. The SMILES string of the molecule is C=CCOc1ccc(NC(=O)C(=O)N/N=C\c2ccc(OCCC)cc2)cc1. The molecule has 2 N–H and O–H groups in total. The summed E-state index contributed by atoms with van der Waals surface area (Å²) in [5.41, 5.74) is 3.42. The fraction of sp³-hybridized carbons (Fsp3) is 0.190. The van der Waals surface area contributed by atoms with Crippen molar-refractivity contribution in [1.82, 2.24) is 5.43 Å². The van der Waals surface area contributed by atoms with Crippen molar-refractivity contribution in [2.75, 3.05) is 18.5 Å². The fourth-order valence-corrected chi connectivity index (χ4v) is 2.06. The third-order valence-electron chi connectivity index (χ3n) is 3.42. The molecule has 28 heavy (non-hydrogen) atoms. The smallest absolute Gasteiger partial charge is 0.329 e. The molecule has 0 radical (unpaired) electrons. The van der Waals surface area contributed by atoms with Crippen LogP contribution < -0.4 is 20.2 Å². The van der Waals surface area contributed by atoms with E-state index < -0.39 is 11.8 Å². The molecule has 2 rings (SSSR count). The van der Waals surface area contributed by atoms with Crippen LogP contribution in [-0.2, 0) is 9.59 Å². The van der Waals surface area contributed by atoms with Crippen LogP contribution in [0.15, 0.2) is 66.3 Å². The van der Waals surface area contributed by atoms with E-state index in [2.05, 4.69) is 22.4 Å². The van der Waals surface area contributed by atoms with Crippen LogP contribution in [-0.4, -0.2) is 31.2 Å². The third-order valence-corrected chi connectivity index (χ3v) is 3.42. The first-order valence-corrected chi connectivity index (χ1v) is 8.83. The Balaban J connectivity index is 1.80. The third kappa shape index (κ3) is 6.95. The molecule has 0 saturated carbocycles. The highest BCUT2D eigenvalue weighted by Gasteiger charge is 2.12. The monoisotopic (exact) mass is 381 g/mol. The molecular weight excluding hydrogens is 358 g/mol. The molecule has 2 aromatic carbocycles. The van der Waals surface area contributed by atoms with Crippen molar-refractivity contribution in [2.24, 2.45) is 5.10 Å². The molecule has 0 saturated heterocycles. The van der Waals surface area contributed by atoms with Crippen LogP contribution in [0.1, 0.15) is 18.9 Å². The van der Waals surface area contributed by atoms with E-state index in [0.29, 0.717) is 24.7 Å². The Bertz CT molecular complexity index is 815. The quantitative estimate of drug-likeness (QED) is 0.302. The Hall–Kier alpha value is -3.61.